The fraction of sp³-hybridized carbons (Fsp3) is 0. The van der Waals surface area contributed by atoms with Crippen molar-refractivity contribution in [2.75, 3.05) is 0 Å². The van der Waals surface area contributed by atoms with Crippen LogP contribution in [0.15, 0.2) is 60.8 Å². The minimum absolute atomic E-state index is 0.393. The summed E-state index contributed by atoms with van der Waals surface area (Å²) in [5.74, 6) is -0.958. The van der Waals surface area contributed by atoms with E-state index in [0.29, 0.717) is 11.1 Å². The monoisotopic (exact) mass is 337 g/mol. The van der Waals surface area contributed by atoms with Gasteiger partial charge in [-0.25, -0.2) is 15.6 Å². The molecule has 126 valence electrons. The van der Waals surface area contributed by atoms with Crippen molar-refractivity contribution < 1.29 is 14.4 Å². The lowest BCUT2D eigenvalue weighted by Gasteiger charge is -2.09. The molecule has 0 spiro atoms. The smallest absolute Gasteiger partial charge is 0.352 e. The molecule has 0 fully saturated rings. The summed E-state index contributed by atoms with van der Waals surface area (Å²) in [5, 5.41) is 0.736. The Balaban J connectivity index is 1.50. The Bertz CT molecular complexity index is 920. The van der Waals surface area contributed by atoms with Crippen LogP contribution in [0, 0.1) is 0 Å². The Morgan fingerprint density at radius 3 is 2.12 bits per heavy atom. The fourth-order valence-electron chi connectivity index (χ4n) is 2.25. The highest BCUT2D eigenvalue weighted by molar-refractivity contribution is 6.07. The van der Waals surface area contributed by atoms with E-state index in [2.05, 4.69) is 26.7 Å². The number of H-pyrrole nitrogens is 1. The Hall–Kier alpha value is -3.81. The van der Waals surface area contributed by atoms with Gasteiger partial charge < -0.3 is 4.98 Å². The van der Waals surface area contributed by atoms with Crippen LogP contribution in [-0.4, -0.2) is 22.8 Å². The first-order valence-electron chi connectivity index (χ1n) is 7.43. The molecule has 0 aliphatic carbocycles. The predicted molar refractivity (Wildman–Crippen MR) is 91.3 cm³/mol. The van der Waals surface area contributed by atoms with Gasteiger partial charge in [0.05, 0.1) is 5.56 Å². The summed E-state index contributed by atoms with van der Waals surface area (Å²) in [5.41, 5.74) is 10.4. The molecule has 8 heteroatoms. The SMILES string of the molecule is O=C(NNC(=O)c1ccccc1)NNC(=O)c1c[nH]c2ccccc12. The second-order valence-electron chi connectivity index (χ2n) is 5.10. The summed E-state index contributed by atoms with van der Waals surface area (Å²) in [4.78, 5) is 38.5. The molecule has 8 nitrogen and oxygen atoms in total. The fourth-order valence-corrected chi connectivity index (χ4v) is 2.25. The van der Waals surface area contributed by atoms with Gasteiger partial charge in [-0.3, -0.25) is 20.4 Å². The van der Waals surface area contributed by atoms with Crippen LogP contribution in [0.4, 0.5) is 4.79 Å². The number of hydrazine groups is 2. The molecule has 4 amide bonds. The molecule has 0 bridgehead atoms. The maximum atomic E-state index is 12.1. The molecule has 25 heavy (non-hydrogen) atoms. The van der Waals surface area contributed by atoms with Crippen LogP contribution in [0.25, 0.3) is 10.9 Å². The maximum absolute atomic E-state index is 12.1. The summed E-state index contributed by atoms with van der Waals surface area (Å²) >= 11 is 0. The van der Waals surface area contributed by atoms with Gasteiger partial charge in [0, 0.05) is 22.7 Å². The normalized spacial score (nSPS) is 10.1. The first-order valence-corrected chi connectivity index (χ1v) is 7.43. The highest BCUT2D eigenvalue weighted by Crippen LogP contribution is 2.16. The molecular formula is C17H15N5O3. The standard InChI is InChI=1S/C17H15N5O3/c23-15(11-6-2-1-3-7-11)19-21-17(25)22-20-16(24)13-10-18-14-9-5-4-8-12(13)14/h1-10,18H,(H,19,23)(H,20,24)(H2,21,22,25). The number of para-hydroxylation sites is 1. The molecule has 0 unspecified atom stereocenters. The number of hydrogen-bond donors (Lipinski definition) is 5. The summed E-state index contributed by atoms with van der Waals surface area (Å²) in [6.45, 7) is 0. The number of fused-ring (bicyclic) bond motifs is 1. The van der Waals surface area contributed by atoms with Crippen molar-refractivity contribution in [3.8, 4) is 0 Å². The van der Waals surface area contributed by atoms with Gasteiger partial charge in [0.25, 0.3) is 11.8 Å². The molecule has 1 heterocycles. The zero-order valence-corrected chi connectivity index (χ0v) is 13.0. The molecule has 3 aromatic rings. The van der Waals surface area contributed by atoms with Gasteiger partial charge in [0.15, 0.2) is 0 Å². The summed E-state index contributed by atoms with van der Waals surface area (Å²) in [6, 6.07) is 14.9. The zero-order valence-electron chi connectivity index (χ0n) is 13.0. The van der Waals surface area contributed by atoms with Crippen molar-refractivity contribution in [2.24, 2.45) is 0 Å². The molecule has 0 aliphatic rings. The van der Waals surface area contributed by atoms with E-state index in [9.17, 15) is 14.4 Å². The summed E-state index contributed by atoms with van der Waals surface area (Å²) < 4.78 is 0. The quantitative estimate of drug-likeness (QED) is 0.456. The van der Waals surface area contributed by atoms with E-state index >= 15 is 0 Å². The topological polar surface area (TPSA) is 115 Å². The molecule has 5 N–H and O–H groups in total. The molecule has 0 radical (unpaired) electrons. The Morgan fingerprint density at radius 2 is 1.36 bits per heavy atom. The molecule has 1 aromatic heterocycles. The van der Waals surface area contributed by atoms with E-state index in [0.717, 1.165) is 10.9 Å². The average Bonchev–Trinajstić information content (AvgIpc) is 3.09. The molecule has 0 aliphatic heterocycles. The number of hydrogen-bond acceptors (Lipinski definition) is 3. The Kier molecular flexibility index (Phi) is 4.61. The number of urea groups is 1. The lowest BCUT2D eigenvalue weighted by Crippen LogP contribution is -2.52. The number of rotatable bonds is 2. The van der Waals surface area contributed by atoms with Crippen LogP contribution in [0.2, 0.25) is 0 Å². The number of carbonyl (C=O) groups is 3. The minimum atomic E-state index is -0.780. The number of aromatic nitrogens is 1. The third-order valence-electron chi connectivity index (χ3n) is 3.45. The highest BCUT2D eigenvalue weighted by Gasteiger charge is 2.12. The number of carbonyl (C=O) groups excluding carboxylic acids is 3. The van der Waals surface area contributed by atoms with Gasteiger partial charge in [-0.15, -0.1) is 0 Å². The van der Waals surface area contributed by atoms with Crippen molar-refractivity contribution in [2.45, 2.75) is 0 Å². The number of aromatic amines is 1. The Morgan fingerprint density at radius 1 is 0.720 bits per heavy atom. The van der Waals surface area contributed by atoms with Crippen molar-refractivity contribution in [1.29, 1.82) is 0 Å². The predicted octanol–water partition coefficient (Wildman–Crippen LogP) is 1.46. The van der Waals surface area contributed by atoms with Crippen LogP contribution < -0.4 is 21.7 Å². The first-order chi connectivity index (χ1) is 12.1. The highest BCUT2D eigenvalue weighted by atomic mass is 16.2. The van der Waals surface area contributed by atoms with E-state index in [-0.39, 0.29) is 0 Å². The second kappa shape index (κ2) is 7.18. The molecule has 3 rings (SSSR count). The van der Waals surface area contributed by atoms with Crippen LogP contribution in [-0.2, 0) is 0 Å². The maximum Gasteiger partial charge on any atom is 0.352 e. The largest absolute Gasteiger partial charge is 0.360 e. The Labute approximate surface area is 142 Å². The summed E-state index contributed by atoms with van der Waals surface area (Å²) in [7, 11) is 0. The van der Waals surface area contributed by atoms with Crippen molar-refractivity contribution in [3.63, 3.8) is 0 Å². The first kappa shape index (κ1) is 16.1. The molecule has 0 saturated heterocycles. The van der Waals surface area contributed by atoms with Gasteiger partial charge in [-0.1, -0.05) is 36.4 Å². The van der Waals surface area contributed by atoms with Gasteiger partial charge >= 0.3 is 6.03 Å². The lowest BCUT2D eigenvalue weighted by atomic mass is 10.2. The van der Waals surface area contributed by atoms with E-state index in [1.807, 2.05) is 18.2 Å². The van der Waals surface area contributed by atoms with E-state index in [4.69, 9.17) is 0 Å². The van der Waals surface area contributed by atoms with Crippen LogP contribution in [0.3, 0.4) is 0 Å². The zero-order chi connectivity index (χ0) is 17.6. The van der Waals surface area contributed by atoms with Crippen LogP contribution in [0.1, 0.15) is 20.7 Å². The van der Waals surface area contributed by atoms with Gasteiger partial charge in [0.2, 0.25) is 0 Å². The molecule has 0 atom stereocenters. The third kappa shape index (κ3) is 3.75. The third-order valence-corrected chi connectivity index (χ3v) is 3.45. The van der Waals surface area contributed by atoms with E-state index in [1.165, 1.54) is 0 Å². The second-order valence-corrected chi connectivity index (χ2v) is 5.10. The van der Waals surface area contributed by atoms with Crippen molar-refractivity contribution in [3.05, 3.63) is 71.9 Å². The molecular weight excluding hydrogens is 322 g/mol. The number of benzene rings is 2. The van der Waals surface area contributed by atoms with Gasteiger partial charge in [0.1, 0.15) is 0 Å². The van der Waals surface area contributed by atoms with Gasteiger partial charge in [-0.2, -0.15) is 0 Å². The summed E-state index contributed by atoms with van der Waals surface area (Å²) in [6.07, 6.45) is 1.55. The van der Waals surface area contributed by atoms with Crippen LogP contribution in [0.5, 0.6) is 0 Å². The van der Waals surface area contributed by atoms with Crippen molar-refractivity contribution >= 4 is 28.7 Å². The van der Waals surface area contributed by atoms with Crippen molar-refractivity contribution in [1.82, 2.24) is 26.7 Å². The lowest BCUT2D eigenvalue weighted by molar-refractivity contribution is 0.0930. The van der Waals surface area contributed by atoms with Gasteiger partial charge in [-0.05, 0) is 18.2 Å². The molecule has 2 aromatic carbocycles. The van der Waals surface area contributed by atoms with E-state index in [1.54, 1.807) is 42.6 Å². The average molecular weight is 337 g/mol. The number of amides is 4. The van der Waals surface area contributed by atoms with Crippen LogP contribution >= 0.6 is 0 Å². The van der Waals surface area contributed by atoms with E-state index < -0.39 is 17.8 Å². The minimum Gasteiger partial charge on any atom is -0.360 e. The number of nitrogens with one attached hydrogen (secondary N) is 5. The molecule has 0 saturated carbocycles.